The first-order valence-electron chi connectivity index (χ1n) is 11.8. The molecule has 0 radical (unpaired) electrons. The van der Waals surface area contributed by atoms with Crippen LogP contribution < -0.4 is 10.6 Å². The Morgan fingerprint density at radius 2 is 1.49 bits per heavy atom. The minimum Gasteiger partial charge on any atom is -0.457 e. The van der Waals surface area contributed by atoms with Crippen LogP contribution in [-0.2, 0) is 14.3 Å². The van der Waals surface area contributed by atoms with Crippen LogP contribution in [0.5, 0.6) is 0 Å². The number of Topliss-reactive ketones (excluding diaryl/α,β-unsaturated/α-hetero) is 1. The van der Waals surface area contributed by atoms with Crippen LogP contribution in [0, 0.1) is 5.41 Å². The number of ether oxygens (including phenoxy) is 1. The molecule has 37 heavy (non-hydrogen) atoms. The summed E-state index contributed by atoms with van der Waals surface area (Å²) in [6, 6.07) is 21.3. The zero-order chi connectivity index (χ0) is 27.0. The van der Waals surface area contributed by atoms with E-state index in [1.807, 2.05) is 6.07 Å². The molecule has 2 N–H and O–H groups in total. The quantitative estimate of drug-likeness (QED) is 0.282. The number of halogens is 1. The predicted octanol–water partition coefficient (Wildman–Crippen LogP) is 5.61. The molecular weight excluding hydrogens is 492 g/mol. The van der Waals surface area contributed by atoms with E-state index in [1.54, 1.807) is 93.6 Å². The molecule has 3 aromatic rings. The minimum atomic E-state index is -0.682. The average molecular weight is 521 g/mol. The molecule has 7 nitrogen and oxygen atoms in total. The topological polar surface area (TPSA) is 102 Å². The standard InChI is InChI=1S/C29H29ClN2O5/c1-29(2,3)28(36)31-21-15-13-20(14-16-21)25(33)18-37-26(34)17-24(19-9-5-4-6-10-19)32-27(35)22-11-7-8-12-23(22)30/h4-16,24H,17-18H2,1-3H3,(H,31,36)(H,32,35)/t24-/m1/s1. The molecule has 1 atom stereocenters. The molecule has 0 aliphatic carbocycles. The van der Waals surface area contributed by atoms with Crippen molar-refractivity contribution < 1.29 is 23.9 Å². The van der Waals surface area contributed by atoms with Crippen LogP contribution >= 0.6 is 11.6 Å². The second-order valence-electron chi connectivity index (χ2n) is 9.49. The Morgan fingerprint density at radius 1 is 0.865 bits per heavy atom. The Balaban J connectivity index is 1.60. The summed E-state index contributed by atoms with van der Waals surface area (Å²) in [7, 11) is 0. The van der Waals surface area contributed by atoms with Crippen LogP contribution in [0.1, 0.15) is 59.5 Å². The Labute approximate surface area is 221 Å². The average Bonchev–Trinajstić information content (AvgIpc) is 2.87. The molecule has 0 saturated carbocycles. The summed E-state index contributed by atoms with van der Waals surface area (Å²) < 4.78 is 5.23. The molecule has 0 aliphatic rings. The maximum atomic E-state index is 12.8. The molecule has 3 aromatic carbocycles. The maximum Gasteiger partial charge on any atom is 0.308 e. The van der Waals surface area contributed by atoms with Gasteiger partial charge in [0.2, 0.25) is 5.91 Å². The lowest BCUT2D eigenvalue weighted by Crippen LogP contribution is -2.31. The summed E-state index contributed by atoms with van der Waals surface area (Å²) in [4.78, 5) is 50.1. The van der Waals surface area contributed by atoms with Gasteiger partial charge in [0.25, 0.3) is 5.91 Å². The van der Waals surface area contributed by atoms with Crippen molar-refractivity contribution in [1.82, 2.24) is 5.32 Å². The highest BCUT2D eigenvalue weighted by molar-refractivity contribution is 6.33. The summed E-state index contributed by atoms with van der Waals surface area (Å²) in [5.41, 5.74) is 1.35. The van der Waals surface area contributed by atoms with Gasteiger partial charge in [-0.2, -0.15) is 0 Å². The maximum absolute atomic E-state index is 12.8. The van der Waals surface area contributed by atoms with Crippen molar-refractivity contribution in [3.63, 3.8) is 0 Å². The number of hydrogen-bond acceptors (Lipinski definition) is 5. The van der Waals surface area contributed by atoms with E-state index < -0.39 is 35.7 Å². The van der Waals surface area contributed by atoms with Gasteiger partial charge in [-0.25, -0.2) is 0 Å². The van der Waals surface area contributed by atoms with Crippen molar-refractivity contribution in [2.24, 2.45) is 5.41 Å². The number of amides is 2. The van der Waals surface area contributed by atoms with E-state index in [2.05, 4.69) is 10.6 Å². The third-order valence-electron chi connectivity index (χ3n) is 5.51. The third-order valence-corrected chi connectivity index (χ3v) is 5.84. The lowest BCUT2D eigenvalue weighted by Gasteiger charge is -2.19. The van der Waals surface area contributed by atoms with Crippen molar-refractivity contribution in [2.45, 2.75) is 33.2 Å². The van der Waals surface area contributed by atoms with Crippen LogP contribution in [0.4, 0.5) is 5.69 Å². The zero-order valence-electron chi connectivity index (χ0n) is 20.9. The van der Waals surface area contributed by atoms with E-state index in [-0.39, 0.29) is 17.9 Å². The van der Waals surface area contributed by atoms with E-state index in [4.69, 9.17) is 16.3 Å². The number of hydrogen-bond donors (Lipinski definition) is 2. The van der Waals surface area contributed by atoms with Crippen molar-refractivity contribution >= 4 is 40.9 Å². The fraction of sp³-hybridized carbons (Fsp3) is 0.241. The van der Waals surface area contributed by atoms with Gasteiger partial charge in [0.05, 0.1) is 23.0 Å². The van der Waals surface area contributed by atoms with Crippen molar-refractivity contribution in [3.05, 3.63) is 101 Å². The van der Waals surface area contributed by atoms with Gasteiger partial charge in [-0.15, -0.1) is 0 Å². The molecule has 192 valence electrons. The molecule has 0 bridgehead atoms. The first-order chi connectivity index (χ1) is 17.5. The van der Waals surface area contributed by atoms with Gasteiger partial charge in [-0.05, 0) is 42.0 Å². The molecule has 3 rings (SSSR count). The normalized spacial score (nSPS) is 11.8. The number of carbonyl (C=O) groups is 4. The highest BCUT2D eigenvalue weighted by Gasteiger charge is 2.23. The van der Waals surface area contributed by atoms with E-state index in [1.165, 1.54) is 0 Å². The van der Waals surface area contributed by atoms with Crippen molar-refractivity contribution in [1.29, 1.82) is 0 Å². The van der Waals surface area contributed by atoms with Gasteiger partial charge >= 0.3 is 5.97 Å². The van der Waals surface area contributed by atoms with E-state index in [9.17, 15) is 19.2 Å². The second kappa shape index (κ2) is 12.3. The Kier molecular flexibility index (Phi) is 9.20. The minimum absolute atomic E-state index is 0.143. The lowest BCUT2D eigenvalue weighted by atomic mass is 9.95. The molecule has 0 aliphatic heterocycles. The largest absolute Gasteiger partial charge is 0.457 e. The lowest BCUT2D eigenvalue weighted by molar-refractivity contribution is -0.143. The summed E-state index contributed by atoms with van der Waals surface area (Å²) >= 11 is 6.14. The monoisotopic (exact) mass is 520 g/mol. The van der Waals surface area contributed by atoms with E-state index >= 15 is 0 Å². The van der Waals surface area contributed by atoms with Crippen molar-refractivity contribution in [2.75, 3.05) is 11.9 Å². The molecule has 0 saturated heterocycles. The number of carbonyl (C=O) groups excluding carboxylic acids is 4. The molecular formula is C29H29ClN2O5. The highest BCUT2D eigenvalue weighted by atomic mass is 35.5. The Bertz CT molecular complexity index is 1270. The summed E-state index contributed by atoms with van der Waals surface area (Å²) in [5, 5.41) is 5.91. The third kappa shape index (κ3) is 8.02. The van der Waals surface area contributed by atoms with Crippen LogP contribution in [0.15, 0.2) is 78.9 Å². The van der Waals surface area contributed by atoms with Gasteiger partial charge in [0, 0.05) is 16.7 Å². The smallest absolute Gasteiger partial charge is 0.308 e. The molecule has 0 heterocycles. The summed E-state index contributed by atoms with van der Waals surface area (Å²) in [5.74, 6) is -1.61. The van der Waals surface area contributed by atoms with Crippen LogP contribution in [0.3, 0.4) is 0 Å². The number of ketones is 1. The number of nitrogens with one attached hydrogen (secondary N) is 2. The Hall–Kier alpha value is -3.97. The molecule has 2 amide bonds. The SMILES string of the molecule is CC(C)(C)C(=O)Nc1ccc(C(=O)COC(=O)C[C@@H](NC(=O)c2ccccc2Cl)c2ccccc2)cc1. The number of benzene rings is 3. The van der Waals surface area contributed by atoms with Crippen molar-refractivity contribution in [3.8, 4) is 0 Å². The second-order valence-corrected chi connectivity index (χ2v) is 9.89. The summed E-state index contributed by atoms with van der Waals surface area (Å²) in [6.45, 7) is 4.96. The van der Waals surface area contributed by atoms with Crippen LogP contribution in [-0.4, -0.2) is 30.2 Å². The number of esters is 1. The van der Waals surface area contributed by atoms with Gasteiger partial charge in [-0.3, -0.25) is 19.2 Å². The molecule has 0 spiro atoms. The predicted molar refractivity (Wildman–Crippen MR) is 143 cm³/mol. The molecule has 0 unspecified atom stereocenters. The van der Waals surface area contributed by atoms with E-state index in [0.29, 0.717) is 21.8 Å². The Morgan fingerprint density at radius 3 is 2.11 bits per heavy atom. The van der Waals surface area contributed by atoms with Crippen LogP contribution in [0.25, 0.3) is 0 Å². The molecule has 8 heteroatoms. The first kappa shape index (κ1) is 27.6. The van der Waals surface area contributed by atoms with Gasteiger partial charge in [0.15, 0.2) is 12.4 Å². The first-order valence-corrected chi connectivity index (χ1v) is 12.1. The van der Waals surface area contributed by atoms with E-state index in [0.717, 1.165) is 0 Å². The zero-order valence-corrected chi connectivity index (χ0v) is 21.7. The fourth-order valence-electron chi connectivity index (χ4n) is 3.33. The summed E-state index contributed by atoms with van der Waals surface area (Å²) in [6.07, 6.45) is -0.175. The highest BCUT2D eigenvalue weighted by Crippen LogP contribution is 2.21. The number of anilines is 1. The molecule has 0 aromatic heterocycles. The molecule has 0 fully saturated rings. The van der Waals surface area contributed by atoms with Gasteiger partial charge in [0.1, 0.15) is 0 Å². The fourth-order valence-corrected chi connectivity index (χ4v) is 3.55. The van der Waals surface area contributed by atoms with Gasteiger partial charge < -0.3 is 15.4 Å². The number of rotatable bonds is 9. The van der Waals surface area contributed by atoms with Crippen LogP contribution in [0.2, 0.25) is 5.02 Å². The van der Waals surface area contributed by atoms with Gasteiger partial charge in [-0.1, -0.05) is 74.8 Å².